The van der Waals surface area contributed by atoms with E-state index in [9.17, 15) is 14.4 Å². The smallest absolute Gasteiger partial charge is 0.328 e. The highest BCUT2D eigenvalue weighted by Crippen LogP contribution is 2.20. The molecule has 0 bridgehead atoms. The number of pyridine rings is 1. The number of para-hydroxylation sites is 2. The molecule has 3 heterocycles. The highest BCUT2D eigenvalue weighted by molar-refractivity contribution is 5.96. The van der Waals surface area contributed by atoms with Gasteiger partial charge in [-0.3, -0.25) is 14.6 Å². The van der Waals surface area contributed by atoms with Crippen LogP contribution in [0.3, 0.4) is 0 Å². The minimum absolute atomic E-state index is 0.336. The first-order valence-electron chi connectivity index (χ1n) is 12.6. The van der Waals surface area contributed by atoms with Crippen molar-refractivity contribution in [2.75, 3.05) is 14.2 Å². The van der Waals surface area contributed by atoms with Gasteiger partial charge in [0.1, 0.15) is 12.1 Å². The van der Waals surface area contributed by atoms with Crippen LogP contribution < -0.4 is 11.1 Å². The first kappa shape index (κ1) is 28.1. The van der Waals surface area contributed by atoms with E-state index < -0.39 is 18.1 Å². The number of aromatic amines is 2. The molecule has 5 rings (SSSR count). The van der Waals surface area contributed by atoms with Crippen LogP contribution in [0, 0.1) is 0 Å². The molecule has 1 amide bonds. The number of ether oxygens (including phenoxy) is 2. The SMILES string of the molecule is COC(=O)C(Cc1c[nH]c2ccccc12)NC(=O)c1cccnc1.COC(=O)C(N)Cc1c[nH]c2ccccc12. The summed E-state index contributed by atoms with van der Waals surface area (Å²) < 4.78 is 9.43. The van der Waals surface area contributed by atoms with E-state index in [1.165, 1.54) is 20.4 Å². The summed E-state index contributed by atoms with van der Waals surface area (Å²) in [4.78, 5) is 45.8. The maximum absolute atomic E-state index is 12.3. The summed E-state index contributed by atoms with van der Waals surface area (Å²) in [7, 11) is 2.65. The topological polar surface area (TPSA) is 152 Å². The van der Waals surface area contributed by atoms with Gasteiger partial charge in [-0.2, -0.15) is 0 Å². The molecule has 206 valence electrons. The third-order valence-corrected chi connectivity index (χ3v) is 6.43. The largest absolute Gasteiger partial charge is 0.468 e. The van der Waals surface area contributed by atoms with Crippen LogP contribution >= 0.6 is 0 Å². The van der Waals surface area contributed by atoms with Crippen LogP contribution in [0.1, 0.15) is 21.5 Å². The molecule has 0 saturated heterocycles. The van der Waals surface area contributed by atoms with E-state index >= 15 is 0 Å². The second-order valence-corrected chi connectivity index (χ2v) is 9.05. The lowest BCUT2D eigenvalue weighted by molar-refractivity contribution is -0.143. The molecule has 5 N–H and O–H groups in total. The number of fused-ring (bicyclic) bond motifs is 2. The van der Waals surface area contributed by atoms with Gasteiger partial charge in [0.15, 0.2) is 0 Å². The molecule has 0 radical (unpaired) electrons. The van der Waals surface area contributed by atoms with E-state index in [1.807, 2.05) is 60.9 Å². The van der Waals surface area contributed by atoms with Gasteiger partial charge in [-0.25, -0.2) is 4.79 Å². The average molecular weight is 542 g/mol. The number of carbonyl (C=O) groups excluding carboxylic acids is 3. The molecule has 0 fully saturated rings. The molecule has 2 aromatic carbocycles. The molecule has 2 unspecified atom stereocenters. The van der Waals surface area contributed by atoms with Gasteiger partial charge >= 0.3 is 11.9 Å². The summed E-state index contributed by atoms with van der Waals surface area (Å²) in [6.07, 6.45) is 7.58. The fraction of sp³-hybridized carbons (Fsp3) is 0.200. The van der Waals surface area contributed by atoms with Crippen molar-refractivity contribution < 1.29 is 23.9 Å². The van der Waals surface area contributed by atoms with E-state index in [0.29, 0.717) is 18.4 Å². The zero-order valence-electron chi connectivity index (χ0n) is 22.2. The van der Waals surface area contributed by atoms with Gasteiger partial charge < -0.3 is 30.5 Å². The number of nitrogens with two attached hydrogens (primary N) is 1. The van der Waals surface area contributed by atoms with Gasteiger partial charge in [-0.15, -0.1) is 0 Å². The minimum atomic E-state index is -0.776. The predicted octanol–water partition coefficient (Wildman–Crippen LogP) is 3.29. The number of rotatable bonds is 8. The molecule has 2 atom stereocenters. The number of hydrogen-bond donors (Lipinski definition) is 4. The van der Waals surface area contributed by atoms with Crippen molar-refractivity contribution in [1.29, 1.82) is 0 Å². The number of carbonyl (C=O) groups is 3. The van der Waals surface area contributed by atoms with Crippen LogP contribution in [-0.2, 0) is 31.9 Å². The maximum Gasteiger partial charge on any atom is 0.328 e. The summed E-state index contributed by atoms with van der Waals surface area (Å²) >= 11 is 0. The lowest BCUT2D eigenvalue weighted by Crippen LogP contribution is -2.43. The van der Waals surface area contributed by atoms with Crippen LogP contribution in [-0.4, -0.2) is 59.1 Å². The summed E-state index contributed by atoms with van der Waals surface area (Å²) in [5.41, 5.74) is 10.1. The number of amides is 1. The molecule has 0 aliphatic rings. The molecule has 0 saturated carbocycles. The predicted molar refractivity (Wildman–Crippen MR) is 152 cm³/mol. The lowest BCUT2D eigenvalue weighted by Gasteiger charge is -2.16. The molecule has 5 aromatic rings. The second kappa shape index (κ2) is 13.2. The van der Waals surface area contributed by atoms with E-state index in [1.54, 1.807) is 18.3 Å². The Labute approximate surface area is 230 Å². The Balaban J connectivity index is 0.000000201. The quantitative estimate of drug-likeness (QED) is 0.220. The zero-order valence-corrected chi connectivity index (χ0v) is 22.2. The number of esters is 2. The number of nitrogens with zero attached hydrogens (tertiary/aromatic N) is 1. The molecular weight excluding hydrogens is 510 g/mol. The molecule has 0 aliphatic heterocycles. The highest BCUT2D eigenvalue weighted by Gasteiger charge is 2.24. The number of hydrogen-bond acceptors (Lipinski definition) is 7. The number of benzene rings is 2. The van der Waals surface area contributed by atoms with Crippen molar-refractivity contribution in [2.45, 2.75) is 24.9 Å². The Bertz CT molecular complexity index is 1590. The third kappa shape index (κ3) is 6.72. The molecular formula is C30H31N5O5. The summed E-state index contributed by atoms with van der Waals surface area (Å²) in [5, 5.41) is 4.83. The standard InChI is InChI=1S/C18H17N3O3.C12H14N2O2/c1-24-18(23)16(21-17(22)12-5-4-8-19-10-12)9-13-11-20-15-7-3-2-6-14(13)15;1-16-12(15)10(13)6-8-7-14-11-5-3-2-4-9(8)11/h2-8,10-11,16,20H,9H2,1H3,(H,21,22);2-5,7,10,14H,6,13H2,1H3. The van der Waals surface area contributed by atoms with Crippen molar-refractivity contribution in [3.8, 4) is 0 Å². The van der Waals surface area contributed by atoms with Gasteiger partial charge in [0.05, 0.1) is 19.8 Å². The molecule has 0 spiro atoms. The van der Waals surface area contributed by atoms with Crippen LogP contribution in [0.4, 0.5) is 0 Å². The Kier molecular flexibility index (Phi) is 9.27. The van der Waals surface area contributed by atoms with E-state index in [0.717, 1.165) is 32.9 Å². The summed E-state index contributed by atoms with van der Waals surface area (Å²) in [6, 6.07) is 17.6. The lowest BCUT2D eigenvalue weighted by atomic mass is 10.0. The average Bonchev–Trinajstić information content (AvgIpc) is 3.60. The van der Waals surface area contributed by atoms with Crippen LogP contribution in [0.2, 0.25) is 0 Å². The van der Waals surface area contributed by atoms with Gasteiger partial charge in [-0.1, -0.05) is 36.4 Å². The molecule has 40 heavy (non-hydrogen) atoms. The first-order chi connectivity index (χ1) is 19.4. The maximum atomic E-state index is 12.3. The number of methoxy groups -OCH3 is 2. The fourth-order valence-corrected chi connectivity index (χ4v) is 4.37. The Morgan fingerprint density at radius 1 is 0.825 bits per heavy atom. The molecule has 3 aromatic heterocycles. The van der Waals surface area contributed by atoms with Crippen LogP contribution in [0.15, 0.2) is 85.5 Å². The molecule has 10 nitrogen and oxygen atoms in total. The van der Waals surface area contributed by atoms with E-state index in [2.05, 4.69) is 25.0 Å². The summed E-state index contributed by atoms with van der Waals surface area (Å²) in [5.74, 6) is -1.24. The number of H-pyrrole nitrogens is 2. The minimum Gasteiger partial charge on any atom is -0.468 e. The monoisotopic (exact) mass is 541 g/mol. The van der Waals surface area contributed by atoms with E-state index in [-0.39, 0.29) is 11.9 Å². The van der Waals surface area contributed by atoms with Crippen LogP contribution in [0.5, 0.6) is 0 Å². The molecule has 0 aliphatic carbocycles. The number of nitrogens with one attached hydrogen (secondary N) is 3. The third-order valence-electron chi connectivity index (χ3n) is 6.43. The van der Waals surface area contributed by atoms with Crippen molar-refractivity contribution in [2.24, 2.45) is 5.73 Å². The Morgan fingerprint density at radius 3 is 1.95 bits per heavy atom. The fourth-order valence-electron chi connectivity index (χ4n) is 4.37. The van der Waals surface area contributed by atoms with Gasteiger partial charge in [0.2, 0.25) is 0 Å². The van der Waals surface area contributed by atoms with Gasteiger partial charge in [0.25, 0.3) is 5.91 Å². The van der Waals surface area contributed by atoms with Gasteiger partial charge in [0, 0.05) is 59.4 Å². The van der Waals surface area contributed by atoms with Crippen molar-refractivity contribution >= 4 is 39.7 Å². The molecule has 10 heteroatoms. The van der Waals surface area contributed by atoms with Crippen LogP contribution in [0.25, 0.3) is 21.8 Å². The Morgan fingerprint density at radius 2 is 1.40 bits per heavy atom. The highest BCUT2D eigenvalue weighted by atomic mass is 16.5. The van der Waals surface area contributed by atoms with Crippen molar-refractivity contribution in [1.82, 2.24) is 20.3 Å². The van der Waals surface area contributed by atoms with Crippen molar-refractivity contribution in [3.05, 3.63) is 102 Å². The van der Waals surface area contributed by atoms with Crippen molar-refractivity contribution in [3.63, 3.8) is 0 Å². The van der Waals surface area contributed by atoms with E-state index in [4.69, 9.17) is 10.5 Å². The normalized spacial score (nSPS) is 12.2. The zero-order chi connectivity index (χ0) is 28.5. The Hall–Kier alpha value is -4.96. The second-order valence-electron chi connectivity index (χ2n) is 9.05. The first-order valence-corrected chi connectivity index (χ1v) is 12.6. The van der Waals surface area contributed by atoms with Gasteiger partial charge in [-0.05, 0) is 35.4 Å². The summed E-state index contributed by atoms with van der Waals surface area (Å²) in [6.45, 7) is 0. The number of aromatic nitrogens is 3.